The molecule has 0 aliphatic carbocycles. The van der Waals surface area contributed by atoms with Gasteiger partial charge in [-0.3, -0.25) is 4.79 Å². The summed E-state index contributed by atoms with van der Waals surface area (Å²) in [4.78, 5) is 20.9. The van der Waals surface area contributed by atoms with E-state index in [1.807, 2.05) is 14.1 Å². The first-order valence-corrected chi connectivity index (χ1v) is 4.60. The molecule has 0 bridgehead atoms. The summed E-state index contributed by atoms with van der Waals surface area (Å²) in [5.41, 5.74) is 0. The number of nitrogens with zero attached hydrogens (tertiary/aromatic N) is 1. The topological polar surface area (TPSA) is 69.2 Å². The molecule has 0 aromatic heterocycles. The lowest BCUT2D eigenvalue weighted by Gasteiger charge is -2.30. The van der Waals surface area contributed by atoms with Crippen LogP contribution in [0.15, 0.2) is 0 Å². The van der Waals surface area contributed by atoms with Crippen LogP contribution in [-0.2, 0) is 9.59 Å². The van der Waals surface area contributed by atoms with E-state index < -0.39 is 5.97 Å². The Kier molecular flexibility index (Phi) is 7.87. The molecule has 0 fully saturated rings. The third kappa shape index (κ3) is 10.8. The van der Waals surface area contributed by atoms with Crippen molar-refractivity contribution in [2.45, 2.75) is 20.8 Å². The molecule has 1 N–H and O–H groups in total. The van der Waals surface area contributed by atoms with Gasteiger partial charge in [0.25, 0.3) is 0 Å². The van der Waals surface area contributed by atoms with Gasteiger partial charge in [-0.25, -0.2) is 0 Å². The molecule has 0 aliphatic heterocycles. The molecule has 0 aliphatic rings. The van der Waals surface area contributed by atoms with E-state index in [1.165, 1.54) is 6.92 Å². The fourth-order valence-corrected chi connectivity index (χ4v) is 1.20. The highest BCUT2D eigenvalue weighted by atomic mass is 16.4. The Bertz CT molecular complexity index is 215. The maximum absolute atomic E-state index is 10.5. The number of quaternary nitrogens is 1. The van der Waals surface area contributed by atoms with Crippen LogP contribution in [-0.4, -0.2) is 50.1 Å². The van der Waals surface area contributed by atoms with E-state index in [4.69, 9.17) is 0 Å². The van der Waals surface area contributed by atoms with Crippen LogP contribution in [0.1, 0.15) is 20.8 Å². The molecule has 0 aromatic rings. The molecule has 0 unspecified atom stereocenters. The van der Waals surface area contributed by atoms with Gasteiger partial charge in [-0.2, -0.15) is 0 Å². The van der Waals surface area contributed by atoms with Gasteiger partial charge in [0.1, 0.15) is 6.54 Å². The summed E-state index contributed by atoms with van der Waals surface area (Å²) in [6.07, 6.45) is 0.764. The first kappa shape index (κ1) is 16.3. The van der Waals surface area contributed by atoms with Gasteiger partial charge in [0.05, 0.1) is 26.6 Å². The Labute approximate surface area is 91.7 Å². The first-order valence-electron chi connectivity index (χ1n) is 4.60. The minimum Gasteiger partial charge on any atom is -0.544 e. The highest BCUT2D eigenvalue weighted by Gasteiger charge is 2.14. The molecule has 1 amide bonds. The van der Waals surface area contributed by atoms with Gasteiger partial charge in [0.2, 0.25) is 5.91 Å². The smallest absolute Gasteiger partial charge is 0.216 e. The minimum atomic E-state index is -1.05. The molecular weight excluding hydrogens is 196 g/mol. The van der Waals surface area contributed by atoms with Crippen molar-refractivity contribution >= 4 is 11.9 Å². The van der Waals surface area contributed by atoms with Crippen LogP contribution in [0, 0.1) is 0 Å². The second kappa shape index (κ2) is 7.23. The number of likely N-dealkylation sites (N-methyl/N-ethyl adjacent to an activating group) is 1. The van der Waals surface area contributed by atoms with Crippen molar-refractivity contribution < 1.29 is 19.2 Å². The first-order chi connectivity index (χ1) is 6.33. The molecule has 0 spiro atoms. The normalized spacial score (nSPS) is 10.3. The fourth-order valence-electron chi connectivity index (χ4n) is 1.20. The second-order valence-corrected chi connectivity index (χ2v) is 4.03. The van der Waals surface area contributed by atoms with Crippen LogP contribution < -0.4 is 10.4 Å². The Morgan fingerprint density at radius 2 is 1.87 bits per heavy atom. The second-order valence-electron chi connectivity index (χ2n) is 4.03. The average molecular weight is 218 g/mol. The molecule has 0 radical (unpaired) electrons. The Balaban J connectivity index is 0. The zero-order chi connectivity index (χ0) is 11.2. The summed E-state index contributed by atoms with van der Waals surface area (Å²) in [7, 11) is 3.65. The maximum Gasteiger partial charge on any atom is 0.216 e. The maximum atomic E-state index is 10.5. The van der Waals surface area contributed by atoms with E-state index in [0.717, 1.165) is 6.42 Å². The van der Waals surface area contributed by atoms with E-state index in [0.29, 0.717) is 17.6 Å². The SMILES string of the molecule is C.CC(=O)NCCC[N+](C)(C)CC(=O)[O-]. The van der Waals surface area contributed by atoms with Crippen molar-refractivity contribution in [3.05, 3.63) is 0 Å². The molecule has 0 saturated carbocycles. The number of carboxylic acids is 1. The fraction of sp³-hybridized carbons (Fsp3) is 0.800. The van der Waals surface area contributed by atoms with Crippen molar-refractivity contribution in [2.24, 2.45) is 0 Å². The van der Waals surface area contributed by atoms with Crippen molar-refractivity contribution in [1.82, 2.24) is 5.32 Å². The number of carbonyl (C=O) groups is 2. The van der Waals surface area contributed by atoms with Crippen LogP contribution in [0.5, 0.6) is 0 Å². The Hall–Kier alpha value is -1.10. The van der Waals surface area contributed by atoms with Gasteiger partial charge in [-0.05, 0) is 0 Å². The molecule has 0 rings (SSSR count). The molecule has 0 aromatic carbocycles. The van der Waals surface area contributed by atoms with Gasteiger partial charge in [0, 0.05) is 19.9 Å². The van der Waals surface area contributed by atoms with Crippen LogP contribution in [0.25, 0.3) is 0 Å². The molecule has 90 valence electrons. The van der Waals surface area contributed by atoms with Crippen molar-refractivity contribution in [1.29, 1.82) is 0 Å². The van der Waals surface area contributed by atoms with Gasteiger partial charge in [-0.1, -0.05) is 7.43 Å². The van der Waals surface area contributed by atoms with Crippen LogP contribution in [0.2, 0.25) is 0 Å². The predicted molar refractivity (Wildman–Crippen MR) is 56.9 cm³/mol. The van der Waals surface area contributed by atoms with Gasteiger partial charge in [-0.15, -0.1) is 0 Å². The number of hydrogen-bond donors (Lipinski definition) is 1. The molecule has 5 heteroatoms. The number of nitrogens with one attached hydrogen (secondary N) is 1. The van der Waals surface area contributed by atoms with Crippen molar-refractivity contribution in [2.75, 3.05) is 33.7 Å². The lowest BCUT2D eigenvalue weighted by molar-refractivity contribution is -0.884. The standard InChI is InChI=1S/C9H18N2O3.CH4/c1-8(12)10-5-4-6-11(2,3)7-9(13)14;/h4-7H2,1-3H3,(H-,10,12,13,14);1H4. The Morgan fingerprint density at radius 3 is 2.27 bits per heavy atom. The Morgan fingerprint density at radius 1 is 1.33 bits per heavy atom. The number of hydrogen-bond acceptors (Lipinski definition) is 3. The van der Waals surface area contributed by atoms with E-state index in [2.05, 4.69) is 5.32 Å². The largest absolute Gasteiger partial charge is 0.544 e. The van der Waals surface area contributed by atoms with Gasteiger partial charge >= 0.3 is 0 Å². The van der Waals surface area contributed by atoms with Crippen LogP contribution >= 0.6 is 0 Å². The molecule has 15 heavy (non-hydrogen) atoms. The summed E-state index contributed by atoms with van der Waals surface area (Å²) in [5, 5.41) is 13.0. The summed E-state index contributed by atoms with van der Waals surface area (Å²) < 4.78 is 0.377. The van der Waals surface area contributed by atoms with E-state index >= 15 is 0 Å². The third-order valence-electron chi connectivity index (χ3n) is 1.87. The molecule has 0 heterocycles. The minimum absolute atomic E-state index is 0. The summed E-state index contributed by atoms with van der Waals surface area (Å²) in [5.74, 6) is -1.11. The molecule has 5 nitrogen and oxygen atoms in total. The van der Waals surface area contributed by atoms with E-state index in [9.17, 15) is 14.7 Å². The quantitative estimate of drug-likeness (QED) is 0.458. The van der Waals surface area contributed by atoms with Gasteiger partial charge in [0.15, 0.2) is 0 Å². The van der Waals surface area contributed by atoms with Crippen LogP contribution in [0.4, 0.5) is 0 Å². The molecule has 0 saturated heterocycles. The number of rotatable bonds is 6. The number of amides is 1. The van der Waals surface area contributed by atoms with E-state index in [1.54, 1.807) is 0 Å². The van der Waals surface area contributed by atoms with Gasteiger partial charge < -0.3 is 19.7 Å². The zero-order valence-electron chi connectivity index (χ0n) is 9.00. The van der Waals surface area contributed by atoms with Crippen LogP contribution in [0.3, 0.4) is 0 Å². The lowest BCUT2D eigenvalue weighted by atomic mass is 10.3. The van der Waals surface area contributed by atoms with Crippen molar-refractivity contribution in [3.63, 3.8) is 0 Å². The monoisotopic (exact) mass is 218 g/mol. The third-order valence-corrected chi connectivity index (χ3v) is 1.87. The highest BCUT2D eigenvalue weighted by molar-refractivity contribution is 5.72. The number of aliphatic carboxylic acids is 1. The summed E-state index contributed by atoms with van der Waals surface area (Å²) >= 11 is 0. The molecule has 0 atom stereocenters. The zero-order valence-corrected chi connectivity index (χ0v) is 9.00. The lowest BCUT2D eigenvalue weighted by Crippen LogP contribution is -2.49. The number of carboxylic acid groups (broad SMARTS) is 1. The van der Waals surface area contributed by atoms with Crippen molar-refractivity contribution in [3.8, 4) is 0 Å². The number of carbonyl (C=O) groups excluding carboxylic acids is 2. The molecular formula is C10H22N2O3. The summed E-state index contributed by atoms with van der Waals surface area (Å²) in [6, 6.07) is 0. The van der Waals surface area contributed by atoms with E-state index in [-0.39, 0.29) is 19.9 Å². The highest BCUT2D eigenvalue weighted by Crippen LogP contribution is 1.97. The predicted octanol–water partition coefficient (Wildman–Crippen LogP) is -1.02. The average Bonchev–Trinajstić information content (AvgIpc) is 1.95. The summed E-state index contributed by atoms with van der Waals surface area (Å²) in [6.45, 7) is 2.75.